The number of aryl methyl sites for hydroxylation is 2. The number of ether oxygens (including phenoxy) is 1. The van der Waals surface area contributed by atoms with E-state index in [1.807, 2.05) is 24.0 Å². The first kappa shape index (κ1) is 20.9. The highest BCUT2D eigenvalue weighted by atomic mass is 32.1. The molecule has 152 valence electrons. The zero-order valence-corrected chi connectivity index (χ0v) is 17.7. The Morgan fingerprint density at radius 1 is 1.29 bits per heavy atom. The average molecular weight is 403 g/mol. The third-order valence-electron chi connectivity index (χ3n) is 4.92. The number of carbonyl (C=O) groups excluding carboxylic acids is 1. The average Bonchev–Trinajstić information content (AvgIpc) is 3.09. The fraction of sp³-hybridized carbons (Fsp3) is 0.571. The number of aromatic nitrogens is 2. The number of nitrogens with zero attached hydrogens (tertiary/aromatic N) is 4. The molecule has 0 atom stereocenters. The SMILES string of the molecule is CCCc1nc(C)c(C(=O)N(CCCN2CCOCC2)Cc2ccncc2)s1. The lowest BCUT2D eigenvalue weighted by Crippen LogP contribution is -2.39. The van der Waals surface area contributed by atoms with Gasteiger partial charge in [-0.15, -0.1) is 11.3 Å². The first-order chi connectivity index (χ1) is 13.7. The molecule has 1 aliphatic rings. The molecule has 0 bridgehead atoms. The highest BCUT2D eigenvalue weighted by Gasteiger charge is 2.22. The van der Waals surface area contributed by atoms with E-state index in [1.54, 1.807) is 23.7 Å². The van der Waals surface area contributed by atoms with E-state index in [4.69, 9.17) is 4.74 Å². The highest BCUT2D eigenvalue weighted by molar-refractivity contribution is 7.13. The zero-order chi connectivity index (χ0) is 19.8. The van der Waals surface area contributed by atoms with Gasteiger partial charge < -0.3 is 9.64 Å². The molecule has 0 radical (unpaired) electrons. The van der Waals surface area contributed by atoms with Crippen molar-refractivity contribution in [2.45, 2.75) is 39.7 Å². The van der Waals surface area contributed by atoms with Crippen molar-refractivity contribution in [1.82, 2.24) is 19.8 Å². The molecular formula is C21H30N4O2S. The lowest BCUT2D eigenvalue weighted by Gasteiger charge is -2.28. The van der Waals surface area contributed by atoms with Crippen molar-refractivity contribution in [3.63, 3.8) is 0 Å². The van der Waals surface area contributed by atoms with Crippen molar-refractivity contribution in [3.8, 4) is 0 Å². The summed E-state index contributed by atoms with van der Waals surface area (Å²) in [4.78, 5) is 27.2. The summed E-state index contributed by atoms with van der Waals surface area (Å²) in [6.07, 6.45) is 6.49. The summed E-state index contributed by atoms with van der Waals surface area (Å²) >= 11 is 1.55. The van der Waals surface area contributed by atoms with E-state index in [0.717, 1.165) is 79.8 Å². The molecule has 0 spiro atoms. The van der Waals surface area contributed by atoms with Crippen LogP contribution in [0.1, 0.15) is 45.7 Å². The van der Waals surface area contributed by atoms with Gasteiger partial charge in [-0.1, -0.05) is 6.92 Å². The molecule has 0 N–H and O–H groups in total. The van der Waals surface area contributed by atoms with Crippen LogP contribution >= 0.6 is 11.3 Å². The minimum atomic E-state index is 0.0937. The summed E-state index contributed by atoms with van der Waals surface area (Å²) < 4.78 is 5.42. The fourth-order valence-electron chi connectivity index (χ4n) is 3.39. The molecular weight excluding hydrogens is 372 g/mol. The summed E-state index contributed by atoms with van der Waals surface area (Å²) in [6, 6.07) is 3.95. The van der Waals surface area contributed by atoms with Crippen LogP contribution in [0.4, 0.5) is 0 Å². The quantitative estimate of drug-likeness (QED) is 0.645. The van der Waals surface area contributed by atoms with Crippen LogP contribution in [0.15, 0.2) is 24.5 Å². The minimum Gasteiger partial charge on any atom is -0.379 e. The normalized spacial score (nSPS) is 14.9. The Hall–Kier alpha value is -1.83. The van der Waals surface area contributed by atoms with Gasteiger partial charge in [0.15, 0.2) is 0 Å². The number of carbonyl (C=O) groups is 1. The van der Waals surface area contributed by atoms with Crippen molar-refractivity contribution in [2.24, 2.45) is 0 Å². The van der Waals surface area contributed by atoms with Crippen LogP contribution in [0.5, 0.6) is 0 Å². The Morgan fingerprint density at radius 2 is 2.04 bits per heavy atom. The van der Waals surface area contributed by atoms with Crippen LogP contribution in [-0.4, -0.2) is 65.1 Å². The summed E-state index contributed by atoms with van der Waals surface area (Å²) in [5.74, 6) is 0.0937. The smallest absolute Gasteiger partial charge is 0.266 e. The van der Waals surface area contributed by atoms with E-state index in [2.05, 4.69) is 21.8 Å². The lowest BCUT2D eigenvalue weighted by atomic mass is 10.2. The number of hydrogen-bond acceptors (Lipinski definition) is 6. The van der Waals surface area contributed by atoms with Crippen LogP contribution in [0.3, 0.4) is 0 Å². The van der Waals surface area contributed by atoms with Crippen molar-refractivity contribution in [3.05, 3.63) is 45.7 Å². The first-order valence-corrected chi connectivity index (χ1v) is 10.9. The van der Waals surface area contributed by atoms with Crippen molar-refractivity contribution in [1.29, 1.82) is 0 Å². The fourth-order valence-corrected chi connectivity index (χ4v) is 4.52. The van der Waals surface area contributed by atoms with Gasteiger partial charge in [0, 0.05) is 45.1 Å². The van der Waals surface area contributed by atoms with E-state index in [0.29, 0.717) is 6.54 Å². The van der Waals surface area contributed by atoms with Crippen LogP contribution in [0.2, 0.25) is 0 Å². The largest absolute Gasteiger partial charge is 0.379 e. The maximum absolute atomic E-state index is 13.3. The maximum Gasteiger partial charge on any atom is 0.266 e. The third-order valence-corrected chi connectivity index (χ3v) is 6.12. The molecule has 0 aromatic carbocycles. The summed E-state index contributed by atoms with van der Waals surface area (Å²) in [5.41, 5.74) is 1.96. The third kappa shape index (κ3) is 5.83. The van der Waals surface area contributed by atoms with Crippen LogP contribution in [0, 0.1) is 6.92 Å². The van der Waals surface area contributed by atoms with E-state index in [-0.39, 0.29) is 5.91 Å². The molecule has 2 aromatic rings. The van der Waals surface area contributed by atoms with Gasteiger partial charge in [-0.05, 0) is 43.9 Å². The van der Waals surface area contributed by atoms with Gasteiger partial charge in [0.1, 0.15) is 4.88 Å². The molecule has 1 aliphatic heterocycles. The van der Waals surface area contributed by atoms with E-state index in [1.165, 1.54) is 0 Å². The summed E-state index contributed by atoms with van der Waals surface area (Å²) in [7, 11) is 0. The zero-order valence-electron chi connectivity index (χ0n) is 16.9. The molecule has 2 aromatic heterocycles. The molecule has 3 rings (SSSR count). The predicted octanol–water partition coefficient (Wildman–Crippen LogP) is 3.16. The molecule has 0 saturated carbocycles. The Morgan fingerprint density at radius 3 is 2.75 bits per heavy atom. The Labute approximate surface area is 171 Å². The van der Waals surface area contributed by atoms with Gasteiger partial charge in [-0.25, -0.2) is 4.98 Å². The lowest BCUT2D eigenvalue weighted by molar-refractivity contribution is 0.0356. The number of morpholine rings is 1. The first-order valence-electron chi connectivity index (χ1n) is 10.1. The molecule has 1 saturated heterocycles. The molecule has 6 nitrogen and oxygen atoms in total. The van der Waals surface area contributed by atoms with Gasteiger partial charge in [-0.3, -0.25) is 14.7 Å². The summed E-state index contributed by atoms with van der Waals surface area (Å²) in [5, 5.41) is 1.06. The van der Waals surface area contributed by atoms with Gasteiger partial charge in [0.2, 0.25) is 0 Å². The molecule has 0 aliphatic carbocycles. The van der Waals surface area contributed by atoms with E-state index in [9.17, 15) is 4.79 Å². The molecule has 0 unspecified atom stereocenters. The molecule has 1 amide bonds. The van der Waals surface area contributed by atoms with Gasteiger partial charge in [0.05, 0.1) is 23.9 Å². The van der Waals surface area contributed by atoms with Crippen molar-refractivity contribution < 1.29 is 9.53 Å². The molecule has 7 heteroatoms. The monoisotopic (exact) mass is 402 g/mol. The number of amides is 1. The number of hydrogen-bond donors (Lipinski definition) is 0. The maximum atomic E-state index is 13.3. The second-order valence-electron chi connectivity index (χ2n) is 7.16. The van der Waals surface area contributed by atoms with Gasteiger partial charge in [-0.2, -0.15) is 0 Å². The van der Waals surface area contributed by atoms with Gasteiger partial charge >= 0.3 is 0 Å². The van der Waals surface area contributed by atoms with E-state index >= 15 is 0 Å². The Kier molecular flexibility index (Phi) is 7.94. The van der Waals surface area contributed by atoms with Crippen LogP contribution in [0.25, 0.3) is 0 Å². The predicted molar refractivity (Wildman–Crippen MR) is 112 cm³/mol. The standard InChI is InChI=1S/C21H30N4O2S/c1-3-5-19-23-17(2)20(28-19)21(26)25(16-18-6-8-22-9-7-18)11-4-10-24-12-14-27-15-13-24/h6-9H,3-5,10-16H2,1-2H3. The number of rotatable bonds is 9. The van der Waals surface area contributed by atoms with Gasteiger partial charge in [0.25, 0.3) is 5.91 Å². The molecule has 28 heavy (non-hydrogen) atoms. The number of thiazole rings is 1. The second-order valence-corrected chi connectivity index (χ2v) is 8.25. The second kappa shape index (κ2) is 10.6. The topological polar surface area (TPSA) is 58.6 Å². The molecule has 3 heterocycles. The molecule has 1 fully saturated rings. The van der Waals surface area contributed by atoms with E-state index < -0.39 is 0 Å². The Balaban J connectivity index is 1.68. The van der Waals surface area contributed by atoms with Crippen LogP contribution in [-0.2, 0) is 17.7 Å². The Bertz CT molecular complexity index is 744. The van der Waals surface area contributed by atoms with Crippen molar-refractivity contribution >= 4 is 17.2 Å². The van der Waals surface area contributed by atoms with Crippen molar-refractivity contribution in [2.75, 3.05) is 39.4 Å². The highest BCUT2D eigenvalue weighted by Crippen LogP contribution is 2.22. The van der Waals surface area contributed by atoms with Crippen LogP contribution < -0.4 is 0 Å². The minimum absolute atomic E-state index is 0.0937. The number of pyridine rings is 1. The summed E-state index contributed by atoms with van der Waals surface area (Å²) in [6.45, 7) is 9.98.